The molecule has 1 aromatic heterocycles. The maximum Gasteiger partial charge on any atom is 0.336 e. The minimum atomic E-state index is -1.25. The molecule has 0 bridgehead atoms. The van der Waals surface area contributed by atoms with Crippen molar-refractivity contribution in [2.24, 2.45) is 0 Å². The number of benzene rings is 4. The molecule has 43 heavy (non-hydrogen) atoms. The molecule has 9 nitrogen and oxygen atoms in total. The van der Waals surface area contributed by atoms with Gasteiger partial charge in [-0.05, 0) is 53.1 Å². The third-order valence-corrected chi connectivity index (χ3v) is 7.37. The highest BCUT2D eigenvalue weighted by molar-refractivity contribution is 7.00. The first-order valence-electron chi connectivity index (χ1n) is 13.2. The normalized spacial score (nSPS) is 11.5. The fraction of sp³-hybridized carbons (Fsp3) is 0.152. The highest BCUT2D eigenvalue weighted by Crippen LogP contribution is 2.39. The molecule has 4 aromatic carbocycles. The first-order chi connectivity index (χ1) is 20.9. The van der Waals surface area contributed by atoms with E-state index in [9.17, 15) is 14.7 Å². The SMILES string of the molecule is COc1cc(C(=O)/C(Cc2ccc(OCc3ccccc3)cc2)=C(/C(=O)O)c2ccc3nsnc3c2)cc(OC)c1OC. The number of aromatic nitrogens is 2. The van der Waals surface area contributed by atoms with Gasteiger partial charge in [0.1, 0.15) is 23.4 Å². The Balaban J connectivity index is 1.57. The molecule has 0 radical (unpaired) electrons. The van der Waals surface area contributed by atoms with E-state index in [1.54, 1.807) is 30.3 Å². The van der Waals surface area contributed by atoms with Gasteiger partial charge in [-0.1, -0.05) is 48.5 Å². The van der Waals surface area contributed by atoms with Crippen LogP contribution in [-0.2, 0) is 17.8 Å². The second kappa shape index (κ2) is 13.2. The number of aliphatic carboxylic acids is 1. The minimum Gasteiger partial charge on any atom is -0.493 e. The summed E-state index contributed by atoms with van der Waals surface area (Å²) in [7, 11) is 4.36. The van der Waals surface area contributed by atoms with Gasteiger partial charge in [0.15, 0.2) is 17.3 Å². The zero-order chi connectivity index (χ0) is 30.3. The summed E-state index contributed by atoms with van der Waals surface area (Å²) in [5.74, 6) is -0.238. The third kappa shape index (κ3) is 6.49. The number of carboxylic acids is 1. The van der Waals surface area contributed by atoms with Crippen molar-refractivity contribution < 1.29 is 33.6 Å². The van der Waals surface area contributed by atoms with Crippen LogP contribution in [-0.4, -0.2) is 46.9 Å². The maximum absolute atomic E-state index is 14.2. The summed E-state index contributed by atoms with van der Waals surface area (Å²) in [4.78, 5) is 27.1. The smallest absolute Gasteiger partial charge is 0.336 e. The standard InChI is InChI=1S/C33H28N2O7S/c1-39-28-17-23(18-29(40-2)32(28)41-3)31(36)25(30(33(37)38)22-11-14-26-27(16-22)35-43-34-26)15-20-9-12-24(13-10-20)42-19-21-7-5-4-6-8-21/h4-14,16-18H,15,19H2,1-3H3,(H,37,38)/b30-25+. The molecule has 5 rings (SSSR count). The van der Waals surface area contributed by atoms with E-state index in [1.807, 2.05) is 42.5 Å². The van der Waals surface area contributed by atoms with Crippen LogP contribution in [0.2, 0.25) is 0 Å². The highest BCUT2D eigenvalue weighted by Gasteiger charge is 2.26. The lowest BCUT2D eigenvalue weighted by molar-refractivity contribution is -0.130. The Morgan fingerprint density at radius 2 is 1.42 bits per heavy atom. The van der Waals surface area contributed by atoms with Gasteiger partial charge in [-0.25, -0.2) is 4.79 Å². The van der Waals surface area contributed by atoms with E-state index < -0.39 is 11.8 Å². The maximum atomic E-state index is 14.2. The highest BCUT2D eigenvalue weighted by atomic mass is 32.1. The Kier molecular flexibility index (Phi) is 8.97. The average Bonchev–Trinajstić information content (AvgIpc) is 3.51. The Hall–Kier alpha value is -5.22. The monoisotopic (exact) mass is 596 g/mol. The molecule has 218 valence electrons. The summed E-state index contributed by atoms with van der Waals surface area (Å²) < 4.78 is 30.7. The number of carbonyl (C=O) groups excluding carboxylic acids is 1. The fourth-order valence-corrected chi connectivity index (χ4v) is 5.20. The Morgan fingerprint density at radius 3 is 2.05 bits per heavy atom. The van der Waals surface area contributed by atoms with Crippen molar-refractivity contribution in [2.75, 3.05) is 21.3 Å². The Labute approximate surface area is 252 Å². The number of ketones is 1. The molecule has 0 amide bonds. The molecule has 0 atom stereocenters. The van der Waals surface area contributed by atoms with Gasteiger partial charge in [-0.3, -0.25) is 4.79 Å². The largest absolute Gasteiger partial charge is 0.493 e. The summed E-state index contributed by atoms with van der Waals surface area (Å²) >= 11 is 1.03. The van der Waals surface area contributed by atoms with Crippen LogP contribution in [0, 0.1) is 0 Å². The number of methoxy groups -OCH3 is 3. The van der Waals surface area contributed by atoms with Crippen LogP contribution in [0.5, 0.6) is 23.0 Å². The Morgan fingerprint density at radius 1 is 0.744 bits per heavy atom. The van der Waals surface area contributed by atoms with Crippen molar-refractivity contribution >= 4 is 40.1 Å². The van der Waals surface area contributed by atoms with Crippen molar-refractivity contribution in [3.63, 3.8) is 0 Å². The zero-order valence-electron chi connectivity index (χ0n) is 23.7. The summed E-state index contributed by atoms with van der Waals surface area (Å²) in [6.45, 7) is 0.405. The lowest BCUT2D eigenvalue weighted by Crippen LogP contribution is -2.14. The van der Waals surface area contributed by atoms with E-state index in [4.69, 9.17) is 18.9 Å². The van der Waals surface area contributed by atoms with Crippen molar-refractivity contribution in [1.29, 1.82) is 0 Å². The third-order valence-electron chi connectivity index (χ3n) is 6.81. The van der Waals surface area contributed by atoms with Crippen molar-refractivity contribution in [1.82, 2.24) is 8.75 Å². The van der Waals surface area contributed by atoms with Gasteiger partial charge in [0.2, 0.25) is 5.75 Å². The van der Waals surface area contributed by atoms with E-state index in [1.165, 1.54) is 33.5 Å². The second-order valence-corrected chi connectivity index (χ2v) is 9.99. The number of carboxylic acid groups (broad SMARTS) is 1. The molecular weight excluding hydrogens is 568 g/mol. The molecule has 1 N–H and O–H groups in total. The summed E-state index contributed by atoms with van der Waals surface area (Å²) in [6, 6.07) is 25.0. The van der Waals surface area contributed by atoms with Gasteiger partial charge in [-0.15, -0.1) is 0 Å². The zero-order valence-corrected chi connectivity index (χ0v) is 24.5. The van der Waals surface area contributed by atoms with Crippen molar-refractivity contribution in [2.45, 2.75) is 13.0 Å². The van der Waals surface area contributed by atoms with Crippen LogP contribution in [0.4, 0.5) is 0 Å². The topological polar surface area (TPSA) is 117 Å². The molecule has 0 unspecified atom stereocenters. The van der Waals surface area contributed by atoms with Crippen molar-refractivity contribution in [3.05, 3.63) is 113 Å². The number of ether oxygens (including phenoxy) is 4. The van der Waals surface area contributed by atoms with Crippen molar-refractivity contribution in [3.8, 4) is 23.0 Å². The van der Waals surface area contributed by atoms with Gasteiger partial charge in [0.05, 0.1) is 38.6 Å². The summed E-state index contributed by atoms with van der Waals surface area (Å²) in [5, 5.41) is 10.5. The van der Waals surface area contributed by atoms with Crippen LogP contribution in [0.1, 0.15) is 27.0 Å². The molecule has 0 aliphatic carbocycles. The van der Waals surface area contributed by atoms with E-state index >= 15 is 0 Å². The average molecular weight is 597 g/mol. The summed E-state index contributed by atoms with van der Waals surface area (Å²) in [6.07, 6.45) is 0.0312. The number of fused-ring (bicyclic) bond motifs is 1. The number of hydrogen-bond donors (Lipinski definition) is 1. The molecule has 0 spiro atoms. The number of nitrogens with zero attached hydrogens (tertiary/aromatic N) is 2. The van der Waals surface area contributed by atoms with Gasteiger partial charge in [0.25, 0.3) is 0 Å². The number of rotatable bonds is 12. The lowest BCUT2D eigenvalue weighted by Gasteiger charge is -2.16. The van der Waals surface area contributed by atoms with Crippen LogP contribution in [0.15, 0.2) is 90.5 Å². The van der Waals surface area contributed by atoms with E-state index in [2.05, 4.69) is 8.75 Å². The van der Waals surface area contributed by atoms with Gasteiger partial charge in [-0.2, -0.15) is 8.75 Å². The fourth-order valence-electron chi connectivity index (χ4n) is 4.68. The van der Waals surface area contributed by atoms with Crippen LogP contribution >= 0.6 is 11.7 Å². The van der Waals surface area contributed by atoms with E-state index in [0.29, 0.717) is 34.7 Å². The first kappa shape index (κ1) is 29.3. The van der Waals surface area contributed by atoms with E-state index in [0.717, 1.165) is 22.9 Å². The molecule has 0 aliphatic heterocycles. The molecule has 0 aliphatic rings. The quantitative estimate of drug-likeness (QED) is 0.132. The molecule has 0 saturated carbocycles. The number of Topliss-reactive ketones (excluding diaryl/α,β-unsaturated/α-hetero) is 1. The number of allylic oxidation sites excluding steroid dienone is 1. The van der Waals surface area contributed by atoms with Crippen LogP contribution in [0.3, 0.4) is 0 Å². The van der Waals surface area contributed by atoms with Gasteiger partial charge >= 0.3 is 5.97 Å². The van der Waals surface area contributed by atoms with Crippen LogP contribution < -0.4 is 18.9 Å². The molecule has 10 heteroatoms. The number of hydrogen-bond acceptors (Lipinski definition) is 9. The molecule has 0 saturated heterocycles. The van der Waals surface area contributed by atoms with Crippen LogP contribution in [0.25, 0.3) is 16.6 Å². The number of carbonyl (C=O) groups is 2. The molecule has 1 heterocycles. The molecular formula is C33H28N2O7S. The molecule has 5 aromatic rings. The second-order valence-electron chi connectivity index (χ2n) is 9.46. The predicted molar refractivity (Wildman–Crippen MR) is 163 cm³/mol. The van der Waals surface area contributed by atoms with E-state index in [-0.39, 0.29) is 34.6 Å². The van der Waals surface area contributed by atoms with Gasteiger partial charge < -0.3 is 24.1 Å². The minimum absolute atomic E-state index is 0.0312. The summed E-state index contributed by atoms with van der Waals surface area (Å²) in [5.41, 5.74) is 3.39. The predicted octanol–water partition coefficient (Wildman–Crippen LogP) is 6.26. The molecule has 0 fully saturated rings. The van der Waals surface area contributed by atoms with Gasteiger partial charge in [0, 0.05) is 17.6 Å². The lowest BCUT2D eigenvalue weighted by atomic mass is 9.89. The Bertz CT molecular complexity index is 1770. The first-order valence-corrected chi connectivity index (χ1v) is 13.9.